The van der Waals surface area contributed by atoms with Crippen LogP contribution in [-0.2, 0) is 4.79 Å². The van der Waals surface area contributed by atoms with Crippen molar-refractivity contribution in [3.8, 4) is 0 Å². The zero-order chi connectivity index (χ0) is 13.5. The molecule has 0 aliphatic rings. The highest BCUT2D eigenvalue weighted by atomic mass is 35.5. The SMILES string of the molecule is Cc1cc(Cl)c(NCCCCCC(=O)O)cc1Cl. The first-order chi connectivity index (χ1) is 8.50. The second kappa shape index (κ2) is 7.49. The Bertz CT molecular complexity index is 422. The van der Waals surface area contributed by atoms with Crippen LogP contribution in [0.5, 0.6) is 0 Å². The lowest BCUT2D eigenvalue weighted by molar-refractivity contribution is -0.137. The maximum Gasteiger partial charge on any atom is 0.303 e. The van der Waals surface area contributed by atoms with Gasteiger partial charge in [-0.25, -0.2) is 0 Å². The number of carboxylic acids is 1. The molecular weight excluding hydrogens is 273 g/mol. The summed E-state index contributed by atoms with van der Waals surface area (Å²) in [7, 11) is 0. The second-order valence-electron chi connectivity index (χ2n) is 4.21. The molecule has 3 nitrogen and oxygen atoms in total. The Hall–Kier alpha value is -0.930. The number of rotatable bonds is 7. The number of carboxylic acid groups (broad SMARTS) is 1. The number of unbranched alkanes of at least 4 members (excludes halogenated alkanes) is 2. The maximum atomic E-state index is 10.3. The van der Waals surface area contributed by atoms with Gasteiger partial charge in [0.25, 0.3) is 0 Å². The molecule has 0 fully saturated rings. The normalized spacial score (nSPS) is 10.4. The van der Waals surface area contributed by atoms with Crippen LogP contribution in [0, 0.1) is 6.92 Å². The van der Waals surface area contributed by atoms with Crippen molar-refractivity contribution in [3.05, 3.63) is 27.7 Å². The first-order valence-corrected chi connectivity index (χ1v) is 6.67. The van der Waals surface area contributed by atoms with E-state index in [0.717, 1.165) is 30.6 Å². The van der Waals surface area contributed by atoms with E-state index in [1.807, 2.05) is 19.1 Å². The molecule has 18 heavy (non-hydrogen) atoms. The second-order valence-corrected chi connectivity index (χ2v) is 5.03. The van der Waals surface area contributed by atoms with E-state index in [1.54, 1.807) is 0 Å². The lowest BCUT2D eigenvalue weighted by atomic mass is 10.2. The molecular formula is C13H17Cl2NO2. The first kappa shape index (κ1) is 15.1. The van der Waals surface area contributed by atoms with Gasteiger partial charge in [-0.3, -0.25) is 4.79 Å². The molecule has 5 heteroatoms. The van der Waals surface area contributed by atoms with Crippen molar-refractivity contribution in [3.63, 3.8) is 0 Å². The fourth-order valence-corrected chi connectivity index (χ4v) is 2.03. The number of aryl methyl sites for hydroxylation is 1. The Balaban J connectivity index is 2.31. The van der Waals surface area contributed by atoms with Crippen molar-refractivity contribution in [1.29, 1.82) is 0 Å². The zero-order valence-corrected chi connectivity index (χ0v) is 11.8. The van der Waals surface area contributed by atoms with Gasteiger partial charge in [0.15, 0.2) is 0 Å². The van der Waals surface area contributed by atoms with Crippen molar-refractivity contribution in [2.75, 3.05) is 11.9 Å². The van der Waals surface area contributed by atoms with E-state index < -0.39 is 5.97 Å². The molecule has 0 amide bonds. The van der Waals surface area contributed by atoms with Gasteiger partial charge in [-0.1, -0.05) is 29.6 Å². The lowest BCUT2D eigenvalue weighted by Gasteiger charge is -2.10. The average molecular weight is 290 g/mol. The quantitative estimate of drug-likeness (QED) is 0.733. The monoisotopic (exact) mass is 289 g/mol. The average Bonchev–Trinajstić information content (AvgIpc) is 2.29. The molecule has 0 aromatic heterocycles. The summed E-state index contributed by atoms with van der Waals surface area (Å²) in [6.45, 7) is 2.67. The third kappa shape index (κ3) is 5.15. The molecule has 0 aliphatic heterocycles. The minimum absolute atomic E-state index is 0.233. The van der Waals surface area contributed by atoms with E-state index in [0.29, 0.717) is 16.5 Å². The third-order valence-corrected chi connectivity index (χ3v) is 3.35. The number of anilines is 1. The summed E-state index contributed by atoms with van der Waals surface area (Å²) in [5, 5.41) is 13.0. The molecule has 1 rings (SSSR count). The maximum absolute atomic E-state index is 10.3. The van der Waals surface area contributed by atoms with Gasteiger partial charge in [-0.05, 0) is 37.5 Å². The van der Waals surface area contributed by atoms with Crippen LogP contribution in [0.4, 0.5) is 5.69 Å². The highest BCUT2D eigenvalue weighted by molar-refractivity contribution is 6.35. The van der Waals surface area contributed by atoms with E-state index in [-0.39, 0.29) is 6.42 Å². The number of hydrogen-bond donors (Lipinski definition) is 2. The molecule has 1 aromatic carbocycles. The summed E-state index contributed by atoms with van der Waals surface area (Å²) in [6, 6.07) is 3.65. The standard InChI is InChI=1S/C13H17Cl2NO2/c1-9-7-11(15)12(8-10(9)14)16-6-4-2-3-5-13(17)18/h7-8,16H,2-6H2,1H3,(H,17,18). The summed E-state index contributed by atoms with van der Waals surface area (Å²) in [5.74, 6) is -0.740. The van der Waals surface area contributed by atoms with Crippen LogP contribution in [-0.4, -0.2) is 17.6 Å². The van der Waals surface area contributed by atoms with Crippen molar-refractivity contribution >= 4 is 34.9 Å². The number of aliphatic carboxylic acids is 1. The van der Waals surface area contributed by atoms with Crippen LogP contribution < -0.4 is 5.32 Å². The highest BCUT2D eigenvalue weighted by Crippen LogP contribution is 2.28. The molecule has 0 radical (unpaired) electrons. The van der Waals surface area contributed by atoms with Gasteiger partial charge in [0, 0.05) is 18.0 Å². The van der Waals surface area contributed by atoms with E-state index >= 15 is 0 Å². The smallest absolute Gasteiger partial charge is 0.303 e. The lowest BCUT2D eigenvalue weighted by Crippen LogP contribution is -2.03. The topological polar surface area (TPSA) is 49.3 Å². The highest BCUT2D eigenvalue weighted by Gasteiger charge is 2.04. The van der Waals surface area contributed by atoms with Gasteiger partial charge in [-0.2, -0.15) is 0 Å². The molecule has 0 heterocycles. The largest absolute Gasteiger partial charge is 0.481 e. The minimum Gasteiger partial charge on any atom is -0.481 e. The Morgan fingerprint density at radius 3 is 2.61 bits per heavy atom. The van der Waals surface area contributed by atoms with Crippen LogP contribution in [0.1, 0.15) is 31.2 Å². The number of hydrogen-bond acceptors (Lipinski definition) is 2. The number of benzene rings is 1. The van der Waals surface area contributed by atoms with Gasteiger partial charge in [0.1, 0.15) is 0 Å². The molecule has 100 valence electrons. The van der Waals surface area contributed by atoms with Gasteiger partial charge in [0.2, 0.25) is 0 Å². The molecule has 0 atom stereocenters. The minimum atomic E-state index is -0.740. The Labute approximate surface area is 117 Å². The number of nitrogens with one attached hydrogen (secondary N) is 1. The summed E-state index contributed by atoms with van der Waals surface area (Å²) < 4.78 is 0. The van der Waals surface area contributed by atoms with Gasteiger partial charge in [-0.15, -0.1) is 0 Å². The summed E-state index contributed by atoms with van der Waals surface area (Å²) in [6.07, 6.45) is 2.74. The van der Waals surface area contributed by atoms with Gasteiger partial charge >= 0.3 is 5.97 Å². The van der Waals surface area contributed by atoms with Crippen LogP contribution in [0.2, 0.25) is 10.0 Å². The van der Waals surface area contributed by atoms with Crippen molar-refractivity contribution < 1.29 is 9.90 Å². The van der Waals surface area contributed by atoms with Crippen LogP contribution in [0.3, 0.4) is 0 Å². The Kier molecular flexibility index (Phi) is 6.30. The first-order valence-electron chi connectivity index (χ1n) is 5.92. The summed E-state index contributed by atoms with van der Waals surface area (Å²) >= 11 is 12.1. The van der Waals surface area contributed by atoms with Crippen molar-refractivity contribution in [2.24, 2.45) is 0 Å². The molecule has 0 unspecified atom stereocenters. The molecule has 0 aliphatic carbocycles. The molecule has 0 bridgehead atoms. The van der Waals surface area contributed by atoms with Gasteiger partial charge < -0.3 is 10.4 Å². The zero-order valence-electron chi connectivity index (χ0n) is 10.3. The molecule has 1 aromatic rings. The van der Waals surface area contributed by atoms with Crippen molar-refractivity contribution in [2.45, 2.75) is 32.6 Å². The van der Waals surface area contributed by atoms with E-state index in [9.17, 15) is 4.79 Å². The van der Waals surface area contributed by atoms with E-state index in [4.69, 9.17) is 28.3 Å². The molecule has 0 spiro atoms. The van der Waals surface area contributed by atoms with Gasteiger partial charge in [0.05, 0.1) is 10.7 Å². The van der Waals surface area contributed by atoms with E-state index in [1.165, 1.54) is 0 Å². The Morgan fingerprint density at radius 1 is 1.22 bits per heavy atom. The van der Waals surface area contributed by atoms with E-state index in [2.05, 4.69) is 5.32 Å². The predicted molar refractivity (Wildman–Crippen MR) is 75.8 cm³/mol. The third-order valence-electron chi connectivity index (χ3n) is 2.63. The van der Waals surface area contributed by atoms with Crippen molar-refractivity contribution in [1.82, 2.24) is 0 Å². The van der Waals surface area contributed by atoms with Crippen LogP contribution in [0.25, 0.3) is 0 Å². The fraction of sp³-hybridized carbons (Fsp3) is 0.462. The molecule has 0 saturated carbocycles. The Morgan fingerprint density at radius 2 is 1.94 bits per heavy atom. The van der Waals surface area contributed by atoms with Crippen LogP contribution in [0.15, 0.2) is 12.1 Å². The number of carbonyl (C=O) groups is 1. The summed E-state index contributed by atoms with van der Waals surface area (Å²) in [4.78, 5) is 10.3. The number of halogens is 2. The predicted octanol–water partition coefficient (Wildman–Crippen LogP) is 4.36. The summed E-state index contributed by atoms with van der Waals surface area (Å²) in [5.41, 5.74) is 1.78. The molecule has 0 saturated heterocycles. The van der Waals surface area contributed by atoms with Crippen LogP contribution >= 0.6 is 23.2 Å². The fourth-order valence-electron chi connectivity index (χ4n) is 1.58. The molecule has 2 N–H and O–H groups in total.